The van der Waals surface area contributed by atoms with Crippen LogP contribution >= 0.6 is 0 Å². The molecule has 5 atom stereocenters. The van der Waals surface area contributed by atoms with E-state index >= 15 is 0 Å². The van der Waals surface area contributed by atoms with Gasteiger partial charge in [0.1, 0.15) is 18.5 Å². The fourth-order valence-corrected chi connectivity index (χ4v) is 7.10. The molecule has 52 heavy (non-hydrogen) atoms. The number of carbonyl (C=O) groups excluding carboxylic acids is 2. The van der Waals surface area contributed by atoms with Crippen molar-refractivity contribution in [3.8, 4) is 5.75 Å². The molecular weight excluding hydrogens is 662 g/mol. The lowest BCUT2D eigenvalue weighted by atomic mass is 9.97. The third-order valence-corrected chi connectivity index (χ3v) is 9.98. The average molecular weight is 714 g/mol. The summed E-state index contributed by atoms with van der Waals surface area (Å²) in [6, 6.07) is 24.1. The van der Waals surface area contributed by atoms with Gasteiger partial charge in [0.2, 0.25) is 5.91 Å². The fraction of sp³-hybridized carbons (Fsp3) is 0.463. The molecule has 0 bridgehead atoms. The van der Waals surface area contributed by atoms with Crippen molar-refractivity contribution in [1.82, 2.24) is 15.1 Å². The highest BCUT2D eigenvalue weighted by Gasteiger charge is 2.37. The second kappa shape index (κ2) is 19.0. The summed E-state index contributed by atoms with van der Waals surface area (Å²) in [6.07, 6.45) is 2.76. The van der Waals surface area contributed by atoms with E-state index in [4.69, 9.17) is 18.9 Å². The van der Waals surface area contributed by atoms with Crippen LogP contribution in [0.4, 0.5) is 4.79 Å². The number of ether oxygens (including phenoxy) is 4. The predicted molar refractivity (Wildman–Crippen MR) is 197 cm³/mol. The molecule has 2 heterocycles. The number of hydrogen-bond donors (Lipinski definition) is 3. The normalized spacial score (nSPS) is 21.4. The second-order valence-electron chi connectivity index (χ2n) is 13.7. The second-order valence-corrected chi connectivity index (χ2v) is 13.7. The van der Waals surface area contributed by atoms with Gasteiger partial charge in [-0.25, -0.2) is 4.79 Å². The minimum absolute atomic E-state index is 0.0232. The van der Waals surface area contributed by atoms with Crippen LogP contribution in [0.2, 0.25) is 0 Å². The van der Waals surface area contributed by atoms with E-state index in [9.17, 15) is 19.8 Å². The average Bonchev–Trinajstić information content (AvgIpc) is 3.80. The van der Waals surface area contributed by atoms with Crippen LogP contribution in [0.1, 0.15) is 47.6 Å². The van der Waals surface area contributed by atoms with Crippen molar-refractivity contribution >= 4 is 18.1 Å². The summed E-state index contributed by atoms with van der Waals surface area (Å²) in [7, 11) is 0. The number of benzene rings is 3. The standard InChI is InChI=1S/C41H51N3O8/c45-37(36(27-31-7-2-1-3-8-31)42-41(48)52-34-18-23-50-29-34)16-17-39(47)44(40-35-11-5-4-10-32(35)28-38(40)46)19-6-9-30-12-14-33(15-13-30)51-26-22-43-20-24-49-25-21-43/h1-15,34,36-38,40,45-46H,16-29H2,(H,42,48)/t34-,36-,37-,38+,40-/m0/s1. The number of rotatable bonds is 16. The third kappa shape index (κ3) is 10.6. The molecule has 0 radical (unpaired) electrons. The van der Waals surface area contributed by atoms with Crippen molar-refractivity contribution in [3.63, 3.8) is 0 Å². The SMILES string of the molecule is O=C(N[C@@H](Cc1ccccc1)[C@@H](O)CCC(=O)N(CC=Cc1ccc(OCCN2CCOCC2)cc1)[C@H]1c2ccccc2C[C@H]1O)O[C@H]1CCOC1. The van der Waals surface area contributed by atoms with Crippen LogP contribution in [-0.4, -0.2) is 116 Å². The number of nitrogens with one attached hydrogen (secondary N) is 1. The number of carbonyl (C=O) groups is 2. The summed E-state index contributed by atoms with van der Waals surface area (Å²) < 4.78 is 22.2. The molecule has 2 amide bonds. The first-order valence-electron chi connectivity index (χ1n) is 18.4. The van der Waals surface area contributed by atoms with Gasteiger partial charge in [0.15, 0.2) is 0 Å². The monoisotopic (exact) mass is 713 g/mol. The molecule has 11 nitrogen and oxygen atoms in total. The molecular formula is C41H51N3O8. The van der Waals surface area contributed by atoms with Gasteiger partial charge in [0.05, 0.1) is 50.7 Å². The van der Waals surface area contributed by atoms with Crippen molar-refractivity contribution in [2.45, 2.75) is 62.5 Å². The maximum atomic E-state index is 14.0. The summed E-state index contributed by atoms with van der Waals surface area (Å²) >= 11 is 0. The Kier molecular flexibility index (Phi) is 13.7. The summed E-state index contributed by atoms with van der Waals surface area (Å²) in [6.45, 7) is 6.00. The first kappa shape index (κ1) is 37.5. The van der Waals surface area contributed by atoms with Crippen LogP contribution in [0.3, 0.4) is 0 Å². The molecule has 2 saturated heterocycles. The minimum atomic E-state index is -1.02. The highest BCUT2D eigenvalue weighted by molar-refractivity contribution is 5.77. The molecule has 0 saturated carbocycles. The molecule has 3 N–H and O–H groups in total. The smallest absolute Gasteiger partial charge is 0.407 e. The Hall–Kier alpha value is -4.26. The Labute approximate surface area is 306 Å². The molecule has 1 aliphatic carbocycles. The van der Waals surface area contributed by atoms with Gasteiger partial charge in [0, 0.05) is 45.4 Å². The van der Waals surface area contributed by atoms with Crippen LogP contribution in [-0.2, 0) is 31.8 Å². The molecule has 278 valence electrons. The zero-order valence-corrected chi connectivity index (χ0v) is 29.7. The number of morpholine rings is 1. The molecule has 2 aliphatic heterocycles. The molecule has 11 heteroatoms. The van der Waals surface area contributed by atoms with E-state index in [0.717, 1.165) is 60.9 Å². The van der Waals surface area contributed by atoms with Gasteiger partial charge >= 0.3 is 6.09 Å². The van der Waals surface area contributed by atoms with Crippen LogP contribution in [0.5, 0.6) is 5.75 Å². The first-order valence-corrected chi connectivity index (χ1v) is 18.4. The highest BCUT2D eigenvalue weighted by atomic mass is 16.6. The van der Waals surface area contributed by atoms with Gasteiger partial charge < -0.3 is 39.4 Å². The zero-order valence-electron chi connectivity index (χ0n) is 29.7. The van der Waals surface area contributed by atoms with Crippen molar-refractivity contribution in [2.75, 3.05) is 59.2 Å². The number of aliphatic hydroxyl groups is 2. The van der Waals surface area contributed by atoms with E-state index in [1.807, 2.05) is 91.0 Å². The topological polar surface area (TPSA) is 130 Å². The van der Waals surface area contributed by atoms with Crippen molar-refractivity contribution in [3.05, 3.63) is 107 Å². The number of nitrogens with zero attached hydrogens (tertiary/aromatic N) is 2. The molecule has 0 aromatic heterocycles. The van der Waals surface area contributed by atoms with E-state index in [-0.39, 0.29) is 31.4 Å². The number of hydrogen-bond acceptors (Lipinski definition) is 9. The Morgan fingerprint density at radius 3 is 2.52 bits per heavy atom. The first-order chi connectivity index (χ1) is 25.4. The Morgan fingerprint density at radius 1 is 0.981 bits per heavy atom. The molecule has 3 aromatic rings. The molecule has 6 rings (SSSR count). The summed E-state index contributed by atoms with van der Waals surface area (Å²) in [5.41, 5.74) is 3.84. The lowest BCUT2D eigenvalue weighted by Gasteiger charge is -2.32. The van der Waals surface area contributed by atoms with E-state index < -0.39 is 30.4 Å². The lowest BCUT2D eigenvalue weighted by Crippen LogP contribution is -2.46. The molecule has 2 fully saturated rings. The maximum Gasteiger partial charge on any atom is 0.407 e. The number of amides is 2. The Bertz CT molecular complexity index is 1590. The minimum Gasteiger partial charge on any atom is -0.492 e. The zero-order chi connectivity index (χ0) is 36.1. The van der Waals surface area contributed by atoms with Gasteiger partial charge in [-0.2, -0.15) is 0 Å². The van der Waals surface area contributed by atoms with E-state index in [1.165, 1.54) is 0 Å². The molecule has 3 aromatic carbocycles. The molecule has 3 aliphatic rings. The number of alkyl carbamates (subject to hydrolysis) is 1. The third-order valence-electron chi connectivity index (χ3n) is 9.98. The highest BCUT2D eigenvalue weighted by Crippen LogP contribution is 2.36. The van der Waals surface area contributed by atoms with Crippen molar-refractivity contribution in [2.24, 2.45) is 0 Å². The summed E-state index contributed by atoms with van der Waals surface area (Å²) in [5, 5.41) is 25.5. The summed E-state index contributed by atoms with van der Waals surface area (Å²) in [5.74, 6) is 0.602. The van der Waals surface area contributed by atoms with Crippen molar-refractivity contribution in [1.29, 1.82) is 0 Å². The van der Waals surface area contributed by atoms with Gasteiger partial charge in [-0.15, -0.1) is 0 Å². The number of aliphatic hydroxyl groups excluding tert-OH is 2. The lowest BCUT2D eigenvalue weighted by molar-refractivity contribution is -0.136. The quantitative estimate of drug-likeness (QED) is 0.200. The van der Waals surface area contributed by atoms with E-state index in [2.05, 4.69) is 10.2 Å². The van der Waals surface area contributed by atoms with Crippen LogP contribution in [0, 0.1) is 0 Å². The summed E-state index contributed by atoms with van der Waals surface area (Å²) in [4.78, 5) is 30.9. The molecule has 0 spiro atoms. The Balaban J connectivity index is 1.09. The van der Waals surface area contributed by atoms with Gasteiger partial charge in [0.25, 0.3) is 0 Å². The van der Waals surface area contributed by atoms with Crippen LogP contribution in [0.15, 0.2) is 84.9 Å². The fourth-order valence-electron chi connectivity index (χ4n) is 7.10. The van der Waals surface area contributed by atoms with E-state index in [0.29, 0.717) is 39.1 Å². The van der Waals surface area contributed by atoms with Gasteiger partial charge in [-0.05, 0) is 47.2 Å². The Morgan fingerprint density at radius 2 is 1.75 bits per heavy atom. The number of fused-ring (bicyclic) bond motifs is 1. The van der Waals surface area contributed by atoms with Crippen LogP contribution in [0.25, 0.3) is 6.08 Å². The maximum absolute atomic E-state index is 14.0. The van der Waals surface area contributed by atoms with Gasteiger partial charge in [-0.3, -0.25) is 9.69 Å². The van der Waals surface area contributed by atoms with Gasteiger partial charge in [-0.1, -0.05) is 78.9 Å². The van der Waals surface area contributed by atoms with Crippen LogP contribution < -0.4 is 10.1 Å². The largest absolute Gasteiger partial charge is 0.492 e. The van der Waals surface area contributed by atoms with Crippen molar-refractivity contribution < 1.29 is 38.7 Å². The molecule has 0 unspecified atom stereocenters. The predicted octanol–water partition coefficient (Wildman–Crippen LogP) is 4.17. The van der Waals surface area contributed by atoms with E-state index in [1.54, 1.807) is 4.90 Å².